The minimum Gasteiger partial charge on any atom is -0.478 e. The fourth-order valence-corrected chi connectivity index (χ4v) is 1.88. The van der Waals surface area contributed by atoms with Gasteiger partial charge in [0.05, 0.1) is 0 Å². The maximum atomic E-state index is 13.0. The van der Waals surface area contributed by atoms with Gasteiger partial charge in [0.15, 0.2) is 0 Å². The summed E-state index contributed by atoms with van der Waals surface area (Å²) in [7, 11) is 0. The lowest BCUT2D eigenvalue weighted by molar-refractivity contribution is 0.0697. The van der Waals surface area contributed by atoms with Crippen molar-refractivity contribution in [1.82, 2.24) is 4.98 Å². The van der Waals surface area contributed by atoms with Gasteiger partial charge in [-0.2, -0.15) is 0 Å². The molecule has 1 aromatic heterocycles. The van der Waals surface area contributed by atoms with Crippen LogP contribution in [-0.4, -0.2) is 35.3 Å². The Kier molecular flexibility index (Phi) is 3.03. The zero-order valence-corrected chi connectivity index (χ0v) is 8.77. The number of carbonyl (C=O) groups is 1. The van der Waals surface area contributed by atoms with E-state index in [1.165, 1.54) is 6.07 Å². The Morgan fingerprint density at radius 3 is 2.81 bits per heavy atom. The van der Waals surface area contributed by atoms with Gasteiger partial charge in [-0.15, -0.1) is 0 Å². The highest BCUT2D eigenvalue weighted by atomic mass is 19.1. The summed E-state index contributed by atoms with van der Waals surface area (Å²) in [5, 5.41) is 9.01. The fraction of sp³-hybridized carbons (Fsp3) is 0.455. The summed E-state index contributed by atoms with van der Waals surface area (Å²) in [6.07, 6.45) is 1.67. The number of hydrogen-bond acceptors (Lipinski definition) is 3. The van der Waals surface area contributed by atoms with Gasteiger partial charge in [0.25, 0.3) is 0 Å². The van der Waals surface area contributed by atoms with Crippen LogP contribution in [0.2, 0.25) is 0 Å². The van der Waals surface area contributed by atoms with Gasteiger partial charge in [0, 0.05) is 19.3 Å². The van der Waals surface area contributed by atoms with Crippen molar-refractivity contribution in [3.63, 3.8) is 0 Å². The van der Waals surface area contributed by atoms with Crippen molar-refractivity contribution in [1.29, 1.82) is 0 Å². The molecule has 86 valence electrons. The molecule has 2 heterocycles. The average Bonchev–Trinajstić information content (AvgIpc) is 2.30. The smallest absolute Gasteiger partial charge is 0.339 e. The Labute approximate surface area is 92.7 Å². The van der Waals surface area contributed by atoms with Gasteiger partial charge in [-0.3, -0.25) is 0 Å². The largest absolute Gasteiger partial charge is 0.478 e. The number of piperidine rings is 1. The summed E-state index contributed by atoms with van der Waals surface area (Å²) in [6, 6.07) is 3.11. The first kappa shape index (κ1) is 10.9. The van der Waals surface area contributed by atoms with E-state index in [1.54, 1.807) is 12.3 Å². The molecule has 0 saturated carbocycles. The predicted octanol–water partition coefficient (Wildman–Crippen LogP) is 1.72. The molecule has 0 atom stereocenters. The highest BCUT2D eigenvalue weighted by Crippen LogP contribution is 2.22. The number of carboxylic acids is 1. The molecular weight excluding hydrogens is 211 g/mol. The van der Waals surface area contributed by atoms with E-state index in [2.05, 4.69) is 4.98 Å². The third kappa shape index (κ3) is 2.13. The number of aromatic nitrogens is 1. The molecule has 2 rings (SSSR count). The molecule has 1 aromatic rings. The molecule has 0 amide bonds. The zero-order valence-electron chi connectivity index (χ0n) is 8.77. The van der Waals surface area contributed by atoms with Crippen LogP contribution in [0.3, 0.4) is 0 Å². The van der Waals surface area contributed by atoms with Gasteiger partial charge < -0.3 is 10.0 Å². The highest BCUT2D eigenvalue weighted by molar-refractivity contribution is 5.93. The van der Waals surface area contributed by atoms with Crippen LogP contribution < -0.4 is 4.90 Å². The van der Waals surface area contributed by atoms with Crippen molar-refractivity contribution >= 4 is 11.8 Å². The normalized spacial score (nSPS) is 17.4. The first-order chi connectivity index (χ1) is 7.68. The highest BCUT2D eigenvalue weighted by Gasteiger charge is 2.22. The third-order valence-corrected chi connectivity index (χ3v) is 2.74. The minimum atomic E-state index is -0.995. The molecule has 0 radical (unpaired) electrons. The zero-order chi connectivity index (χ0) is 11.5. The van der Waals surface area contributed by atoms with E-state index in [0.717, 1.165) is 0 Å². The number of halogens is 1. The molecule has 1 aliphatic heterocycles. The van der Waals surface area contributed by atoms with Crippen LogP contribution in [0.15, 0.2) is 18.3 Å². The van der Waals surface area contributed by atoms with E-state index >= 15 is 0 Å². The Hall–Kier alpha value is -1.65. The van der Waals surface area contributed by atoms with E-state index in [9.17, 15) is 9.18 Å². The van der Waals surface area contributed by atoms with Crippen LogP contribution in [0.1, 0.15) is 23.2 Å². The van der Waals surface area contributed by atoms with Gasteiger partial charge in [-0.05, 0) is 25.0 Å². The molecule has 1 fully saturated rings. The van der Waals surface area contributed by atoms with Crippen molar-refractivity contribution in [2.24, 2.45) is 0 Å². The van der Waals surface area contributed by atoms with Crippen molar-refractivity contribution in [3.8, 4) is 0 Å². The molecule has 1 saturated heterocycles. The van der Waals surface area contributed by atoms with Crippen molar-refractivity contribution in [2.75, 3.05) is 18.0 Å². The second-order valence-electron chi connectivity index (χ2n) is 3.84. The number of rotatable bonds is 2. The summed E-state index contributed by atoms with van der Waals surface area (Å²) in [6.45, 7) is 1.05. The van der Waals surface area contributed by atoms with Crippen molar-refractivity contribution in [3.05, 3.63) is 23.9 Å². The number of hydrogen-bond donors (Lipinski definition) is 1. The molecule has 1 N–H and O–H groups in total. The van der Waals surface area contributed by atoms with Gasteiger partial charge in [-0.1, -0.05) is 0 Å². The summed E-state index contributed by atoms with van der Waals surface area (Å²) in [5.74, 6) is -0.549. The molecule has 5 heteroatoms. The second kappa shape index (κ2) is 4.47. The monoisotopic (exact) mass is 224 g/mol. The second-order valence-corrected chi connectivity index (χ2v) is 3.84. The summed E-state index contributed by atoms with van der Waals surface area (Å²) in [4.78, 5) is 16.9. The lowest BCUT2D eigenvalue weighted by atomic mass is 10.1. The van der Waals surface area contributed by atoms with Crippen LogP contribution in [0.4, 0.5) is 10.2 Å². The molecule has 0 bridgehead atoms. The first-order valence-electron chi connectivity index (χ1n) is 5.26. The first-order valence-corrected chi connectivity index (χ1v) is 5.26. The fourth-order valence-electron chi connectivity index (χ4n) is 1.88. The average molecular weight is 224 g/mol. The minimum absolute atomic E-state index is 0.180. The summed E-state index contributed by atoms with van der Waals surface area (Å²) in [5.41, 5.74) is 0.180. The number of anilines is 1. The Balaban J connectivity index is 2.23. The molecule has 0 aliphatic carbocycles. The van der Waals surface area contributed by atoms with Crippen molar-refractivity contribution in [2.45, 2.75) is 19.0 Å². The van der Waals surface area contributed by atoms with Crippen LogP contribution in [0.25, 0.3) is 0 Å². The van der Waals surface area contributed by atoms with Crippen LogP contribution in [0.5, 0.6) is 0 Å². The quantitative estimate of drug-likeness (QED) is 0.831. The molecular formula is C11H13FN2O2. The molecule has 0 spiro atoms. The molecule has 0 unspecified atom stereocenters. The topological polar surface area (TPSA) is 53.4 Å². The SMILES string of the molecule is O=C(O)c1cccnc1N1CCC(F)CC1. The third-order valence-electron chi connectivity index (χ3n) is 2.74. The number of alkyl halides is 1. The van der Waals surface area contributed by atoms with Crippen LogP contribution >= 0.6 is 0 Å². The van der Waals surface area contributed by atoms with E-state index in [-0.39, 0.29) is 5.56 Å². The lowest BCUT2D eigenvalue weighted by Gasteiger charge is -2.30. The van der Waals surface area contributed by atoms with E-state index in [1.807, 2.05) is 4.90 Å². The lowest BCUT2D eigenvalue weighted by Crippen LogP contribution is -2.35. The maximum Gasteiger partial charge on any atom is 0.339 e. The van der Waals surface area contributed by atoms with Crippen molar-refractivity contribution < 1.29 is 14.3 Å². The van der Waals surface area contributed by atoms with Gasteiger partial charge in [0.1, 0.15) is 17.6 Å². The number of carboxylic acid groups (broad SMARTS) is 1. The van der Waals surface area contributed by atoms with Gasteiger partial charge in [-0.25, -0.2) is 14.2 Å². The number of pyridine rings is 1. The van der Waals surface area contributed by atoms with Gasteiger partial charge in [0.2, 0.25) is 0 Å². The van der Waals surface area contributed by atoms with E-state index < -0.39 is 12.1 Å². The Morgan fingerprint density at radius 2 is 2.19 bits per heavy atom. The molecule has 0 aromatic carbocycles. The maximum absolute atomic E-state index is 13.0. The summed E-state index contributed by atoms with van der Waals surface area (Å²) < 4.78 is 13.0. The standard InChI is InChI=1S/C11H13FN2O2/c12-8-3-6-14(7-4-8)10-9(11(15)16)2-1-5-13-10/h1-2,5,8H,3-4,6-7H2,(H,15,16). The molecule has 4 nitrogen and oxygen atoms in total. The number of aromatic carboxylic acids is 1. The predicted molar refractivity (Wildman–Crippen MR) is 57.5 cm³/mol. The van der Waals surface area contributed by atoms with Gasteiger partial charge >= 0.3 is 5.97 Å². The van der Waals surface area contributed by atoms with Crippen LogP contribution in [0, 0.1) is 0 Å². The van der Waals surface area contributed by atoms with E-state index in [4.69, 9.17) is 5.11 Å². The molecule has 1 aliphatic rings. The van der Waals surface area contributed by atoms with E-state index in [0.29, 0.717) is 31.7 Å². The Morgan fingerprint density at radius 1 is 1.50 bits per heavy atom. The summed E-state index contributed by atoms with van der Waals surface area (Å²) >= 11 is 0. The Bertz CT molecular complexity index is 389. The van der Waals surface area contributed by atoms with Crippen LogP contribution in [-0.2, 0) is 0 Å². The molecule has 16 heavy (non-hydrogen) atoms. The number of nitrogens with zero attached hydrogens (tertiary/aromatic N) is 2.